The molecule has 0 heterocycles. The number of carbonyl (C=O) groups is 4. The van der Waals surface area contributed by atoms with Gasteiger partial charge in [-0.25, -0.2) is 9.59 Å². The maximum absolute atomic E-state index is 11.2. The summed E-state index contributed by atoms with van der Waals surface area (Å²) in [5.74, 6) is -3.13. The van der Waals surface area contributed by atoms with Crippen molar-refractivity contribution in [3.8, 4) is 0 Å². The Morgan fingerprint density at radius 3 is 1.27 bits per heavy atom. The van der Waals surface area contributed by atoms with Gasteiger partial charge < -0.3 is 28.4 Å². The molecule has 0 rings (SSSR count). The third kappa shape index (κ3) is 11.6. The number of methoxy groups -OCH3 is 2. The maximum atomic E-state index is 11.2. The Hall–Kier alpha value is -2.20. The molecule has 0 aliphatic heterocycles. The predicted octanol–water partition coefficient (Wildman–Crippen LogP) is -0.853. The van der Waals surface area contributed by atoms with Crippen molar-refractivity contribution in [3.05, 3.63) is 0 Å². The Balaban J connectivity index is 3.70. The third-order valence-electron chi connectivity index (χ3n) is 1.91. The lowest BCUT2D eigenvalue weighted by molar-refractivity contribution is -0.168. The molecule has 0 bridgehead atoms. The standard InChI is InChI=1S/C12H18O10/c1-17-7-21-11(15)5-19-9(13)3-4-10(14)20-6-12(16)22-8-18-2/h3-8H2,1-2H3. The Kier molecular flexibility index (Phi) is 11.3. The van der Waals surface area contributed by atoms with Gasteiger partial charge in [0.15, 0.2) is 26.8 Å². The first kappa shape index (κ1) is 19.8. The van der Waals surface area contributed by atoms with Crippen molar-refractivity contribution >= 4 is 23.9 Å². The lowest BCUT2D eigenvalue weighted by Crippen LogP contribution is -2.20. The quantitative estimate of drug-likeness (QED) is 0.270. The molecule has 126 valence electrons. The zero-order chi connectivity index (χ0) is 16.8. The van der Waals surface area contributed by atoms with Gasteiger partial charge in [0, 0.05) is 14.2 Å². The molecule has 0 saturated carbocycles. The molecule has 0 aliphatic carbocycles. The summed E-state index contributed by atoms with van der Waals surface area (Å²) in [5, 5.41) is 0. The fourth-order valence-corrected chi connectivity index (χ4v) is 0.960. The zero-order valence-corrected chi connectivity index (χ0v) is 12.3. The molecule has 10 nitrogen and oxygen atoms in total. The van der Waals surface area contributed by atoms with E-state index >= 15 is 0 Å². The van der Waals surface area contributed by atoms with E-state index < -0.39 is 37.1 Å². The summed E-state index contributed by atoms with van der Waals surface area (Å²) in [6.45, 7) is -1.66. The number of hydrogen-bond acceptors (Lipinski definition) is 10. The van der Waals surface area contributed by atoms with Gasteiger partial charge in [0.05, 0.1) is 12.8 Å². The van der Waals surface area contributed by atoms with E-state index in [-0.39, 0.29) is 26.4 Å². The van der Waals surface area contributed by atoms with Gasteiger partial charge >= 0.3 is 23.9 Å². The number of rotatable bonds is 11. The Labute approximate surface area is 126 Å². The summed E-state index contributed by atoms with van der Waals surface area (Å²) in [6.07, 6.45) is -0.604. The molecule has 0 amide bonds. The largest absolute Gasteiger partial charge is 0.454 e. The van der Waals surface area contributed by atoms with Gasteiger partial charge in [0.25, 0.3) is 0 Å². The maximum Gasteiger partial charge on any atom is 0.346 e. The van der Waals surface area contributed by atoms with Crippen molar-refractivity contribution in [3.63, 3.8) is 0 Å². The summed E-state index contributed by atoms with van der Waals surface area (Å²) in [6, 6.07) is 0. The van der Waals surface area contributed by atoms with E-state index in [0.717, 1.165) is 0 Å². The Bertz CT molecular complexity index is 342. The van der Waals surface area contributed by atoms with Crippen LogP contribution in [-0.2, 0) is 47.6 Å². The van der Waals surface area contributed by atoms with Crippen molar-refractivity contribution in [2.45, 2.75) is 12.8 Å². The minimum absolute atomic E-state index is 0.248. The molecule has 0 saturated heterocycles. The van der Waals surface area contributed by atoms with Crippen LogP contribution in [0.4, 0.5) is 0 Å². The molecular formula is C12H18O10. The highest BCUT2D eigenvalue weighted by atomic mass is 16.7. The van der Waals surface area contributed by atoms with Gasteiger partial charge in [-0.2, -0.15) is 0 Å². The van der Waals surface area contributed by atoms with Crippen molar-refractivity contribution in [2.24, 2.45) is 0 Å². The number of hydrogen-bond donors (Lipinski definition) is 0. The van der Waals surface area contributed by atoms with E-state index in [1.165, 1.54) is 14.2 Å². The molecule has 10 heteroatoms. The minimum atomic E-state index is -0.784. The molecule has 0 N–H and O–H groups in total. The number of carbonyl (C=O) groups excluding carboxylic acids is 4. The predicted molar refractivity (Wildman–Crippen MR) is 67.1 cm³/mol. The van der Waals surface area contributed by atoms with Crippen LogP contribution in [0.5, 0.6) is 0 Å². The number of ether oxygens (including phenoxy) is 6. The Morgan fingerprint density at radius 1 is 0.591 bits per heavy atom. The molecular weight excluding hydrogens is 304 g/mol. The average molecular weight is 322 g/mol. The first-order chi connectivity index (χ1) is 10.5. The van der Waals surface area contributed by atoms with Crippen LogP contribution in [-0.4, -0.2) is 64.9 Å². The second-order valence-corrected chi connectivity index (χ2v) is 3.67. The van der Waals surface area contributed by atoms with E-state index in [9.17, 15) is 19.2 Å². The molecule has 0 unspecified atom stereocenters. The van der Waals surface area contributed by atoms with Gasteiger partial charge in [0.2, 0.25) is 0 Å². The van der Waals surface area contributed by atoms with Gasteiger partial charge in [-0.05, 0) is 0 Å². The van der Waals surface area contributed by atoms with E-state index in [4.69, 9.17) is 0 Å². The average Bonchev–Trinajstić information content (AvgIpc) is 2.52. The third-order valence-corrected chi connectivity index (χ3v) is 1.91. The Morgan fingerprint density at radius 2 is 0.955 bits per heavy atom. The van der Waals surface area contributed by atoms with Crippen molar-refractivity contribution in [1.29, 1.82) is 0 Å². The summed E-state index contributed by atoms with van der Waals surface area (Å²) in [7, 11) is 2.66. The van der Waals surface area contributed by atoms with Crippen molar-refractivity contribution in [1.82, 2.24) is 0 Å². The van der Waals surface area contributed by atoms with Gasteiger partial charge in [0.1, 0.15) is 0 Å². The second kappa shape index (κ2) is 12.5. The topological polar surface area (TPSA) is 124 Å². The fourth-order valence-electron chi connectivity index (χ4n) is 0.960. The van der Waals surface area contributed by atoms with E-state index in [1.54, 1.807) is 0 Å². The van der Waals surface area contributed by atoms with Crippen LogP contribution in [0.1, 0.15) is 12.8 Å². The fraction of sp³-hybridized carbons (Fsp3) is 0.667. The molecule has 0 aromatic carbocycles. The van der Waals surface area contributed by atoms with Crippen LogP contribution in [0.25, 0.3) is 0 Å². The van der Waals surface area contributed by atoms with Gasteiger partial charge in [-0.3, -0.25) is 9.59 Å². The summed E-state index contributed by atoms with van der Waals surface area (Å²) < 4.78 is 27.0. The van der Waals surface area contributed by atoms with Crippen LogP contribution in [0.3, 0.4) is 0 Å². The van der Waals surface area contributed by atoms with E-state index in [0.29, 0.717) is 0 Å². The summed E-state index contributed by atoms with van der Waals surface area (Å²) in [4.78, 5) is 44.4. The van der Waals surface area contributed by atoms with E-state index in [2.05, 4.69) is 28.4 Å². The molecule has 0 aromatic rings. The molecule has 0 fully saturated rings. The normalized spacial score (nSPS) is 9.73. The van der Waals surface area contributed by atoms with Crippen LogP contribution in [0.15, 0.2) is 0 Å². The first-order valence-electron chi connectivity index (χ1n) is 6.10. The highest BCUT2D eigenvalue weighted by Gasteiger charge is 2.13. The minimum Gasteiger partial charge on any atom is -0.454 e. The van der Waals surface area contributed by atoms with Crippen LogP contribution < -0.4 is 0 Å². The molecule has 0 aromatic heterocycles. The second-order valence-electron chi connectivity index (χ2n) is 3.67. The van der Waals surface area contributed by atoms with Crippen LogP contribution in [0, 0.1) is 0 Å². The molecule has 0 radical (unpaired) electrons. The lowest BCUT2D eigenvalue weighted by atomic mass is 10.3. The van der Waals surface area contributed by atoms with Gasteiger partial charge in [-0.15, -0.1) is 0 Å². The molecule has 0 atom stereocenters. The number of esters is 4. The van der Waals surface area contributed by atoms with Crippen molar-refractivity contribution in [2.75, 3.05) is 41.0 Å². The smallest absolute Gasteiger partial charge is 0.346 e. The van der Waals surface area contributed by atoms with Crippen molar-refractivity contribution < 1.29 is 47.6 Å². The summed E-state index contributed by atoms with van der Waals surface area (Å²) in [5.41, 5.74) is 0. The summed E-state index contributed by atoms with van der Waals surface area (Å²) >= 11 is 0. The monoisotopic (exact) mass is 322 g/mol. The first-order valence-corrected chi connectivity index (χ1v) is 6.10. The van der Waals surface area contributed by atoms with Gasteiger partial charge in [-0.1, -0.05) is 0 Å². The highest BCUT2D eigenvalue weighted by molar-refractivity contribution is 5.81. The van der Waals surface area contributed by atoms with E-state index in [1.807, 2.05) is 0 Å². The van der Waals surface area contributed by atoms with Crippen LogP contribution >= 0.6 is 0 Å². The zero-order valence-electron chi connectivity index (χ0n) is 12.3. The molecule has 0 spiro atoms. The SMILES string of the molecule is COCOC(=O)COC(=O)CCC(=O)OCC(=O)OCOC. The van der Waals surface area contributed by atoms with Crippen LogP contribution in [0.2, 0.25) is 0 Å². The highest BCUT2D eigenvalue weighted by Crippen LogP contribution is 1.97. The molecule has 0 aliphatic rings. The molecule has 22 heavy (non-hydrogen) atoms. The lowest BCUT2D eigenvalue weighted by Gasteiger charge is -2.06.